The molecule has 1 unspecified atom stereocenters. The van der Waals surface area contributed by atoms with Crippen molar-refractivity contribution >= 4 is 27.0 Å². The first-order valence-electron chi connectivity index (χ1n) is 5.69. The predicted molar refractivity (Wildman–Crippen MR) is 76.4 cm³/mol. The van der Waals surface area contributed by atoms with Gasteiger partial charge in [0, 0.05) is 11.7 Å². The van der Waals surface area contributed by atoms with Crippen LogP contribution in [-0.2, 0) is 10.0 Å². The zero-order chi connectivity index (χ0) is 14.0. The molecule has 0 aliphatic heterocycles. The van der Waals surface area contributed by atoms with Crippen molar-refractivity contribution in [3.05, 3.63) is 41.0 Å². The van der Waals surface area contributed by atoms with Crippen molar-refractivity contribution in [2.75, 3.05) is 5.73 Å². The third-order valence-electron chi connectivity index (χ3n) is 2.66. The van der Waals surface area contributed by atoms with Crippen molar-refractivity contribution in [2.24, 2.45) is 0 Å². The number of hydrogen-bond acceptors (Lipinski definition) is 5. The van der Waals surface area contributed by atoms with E-state index in [0.29, 0.717) is 10.7 Å². The number of anilines is 1. The molecule has 2 rings (SSSR count). The predicted octanol–water partition coefficient (Wildman–Crippen LogP) is 2.07. The minimum absolute atomic E-state index is 0.214. The fourth-order valence-corrected chi connectivity index (χ4v) is 4.07. The van der Waals surface area contributed by atoms with Crippen LogP contribution in [0, 0.1) is 6.92 Å². The molecule has 0 saturated heterocycles. The summed E-state index contributed by atoms with van der Waals surface area (Å²) in [4.78, 5) is 3.96. The molecular formula is C12H15N3O2S2. The molecule has 1 heterocycles. The molecule has 2 aromatic rings. The van der Waals surface area contributed by atoms with Crippen LogP contribution in [0.2, 0.25) is 0 Å². The molecule has 0 bridgehead atoms. The topological polar surface area (TPSA) is 85.1 Å². The molecule has 0 radical (unpaired) electrons. The highest BCUT2D eigenvalue weighted by Crippen LogP contribution is 2.23. The molecule has 102 valence electrons. The van der Waals surface area contributed by atoms with Crippen molar-refractivity contribution in [3.63, 3.8) is 0 Å². The van der Waals surface area contributed by atoms with Crippen LogP contribution < -0.4 is 10.5 Å². The van der Waals surface area contributed by atoms with Gasteiger partial charge in [0.2, 0.25) is 0 Å². The largest absolute Gasteiger partial charge is 0.398 e. The molecule has 0 aliphatic rings. The lowest BCUT2D eigenvalue weighted by molar-refractivity contribution is 0.569. The summed E-state index contributed by atoms with van der Waals surface area (Å²) >= 11 is 1.14. The summed E-state index contributed by atoms with van der Waals surface area (Å²) in [6.45, 7) is 3.53. The van der Waals surface area contributed by atoms with Gasteiger partial charge in [-0.1, -0.05) is 18.2 Å². The Morgan fingerprint density at radius 1 is 1.37 bits per heavy atom. The van der Waals surface area contributed by atoms with E-state index in [4.69, 9.17) is 5.73 Å². The zero-order valence-corrected chi connectivity index (χ0v) is 12.3. The Hall–Kier alpha value is -1.44. The average molecular weight is 297 g/mol. The average Bonchev–Trinajstić information content (AvgIpc) is 2.76. The van der Waals surface area contributed by atoms with Gasteiger partial charge < -0.3 is 5.73 Å². The van der Waals surface area contributed by atoms with Gasteiger partial charge in [-0.05, 0) is 25.5 Å². The van der Waals surface area contributed by atoms with E-state index in [-0.39, 0.29) is 4.21 Å². The molecule has 19 heavy (non-hydrogen) atoms. The highest BCUT2D eigenvalue weighted by Gasteiger charge is 2.21. The number of sulfonamides is 1. The second-order valence-corrected chi connectivity index (χ2v) is 7.35. The van der Waals surface area contributed by atoms with Crippen LogP contribution in [0.5, 0.6) is 0 Å². The number of nitrogens with zero attached hydrogens (tertiary/aromatic N) is 1. The van der Waals surface area contributed by atoms with Gasteiger partial charge in [0.15, 0.2) is 4.21 Å². The molecule has 1 aromatic heterocycles. The lowest BCUT2D eigenvalue weighted by Crippen LogP contribution is -2.26. The van der Waals surface area contributed by atoms with Gasteiger partial charge in [0.05, 0.1) is 11.2 Å². The minimum Gasteiger partial charge on any atom is -0.398 e. The van der Waals surface area contributed by atoms with E-state index in [1.54, 1.807) is 26.0 Å². The number of aryl methyl sites for hydroxylation is 1. The number of nitrogens with two attached hydrogens (primary N) is 1. The van der Waals surface area contributed by atoms with Gasteiger partial charge >= 0.3 is 0 Å². The van der Waals surface area contributed by atoms with E-state index in [0.717, 1.165) is 16.9 Å². The molecule has 0 amide bonds. The van der Waals surface area contributed by atoms with Gasteiger partial charge in [-0.25, -0.2) is 18.1 Å². The molecule has 0 aliphatic carbocycles. The van der Waals surface area contributed by atoms with Crippen LogP contribution in [0.15, 0.2) is 34.7 Å². The highest BCUT2D eigenvalue weighted by atomic mass is 32.2. The number of nitrogens with one attached hydrogen (secondary N) is 1. The third kappa shape index (κ3) is 3.12. The van der Waals surface area contributed by atoms with Crippen molar-refractivity contribution < 1.29 is 8.42 Å². The number of aromatic nitrogens is 1. The standard InChI is InChI=1S/C12H15N3O2S2/c1-8(10-5-3-4-6-11(10)13)15-19(16,17)12-7-14-9(2)18-12/h3-8,15H,13H2,1-2H3. The maximum absolute atomic E-state index is 12.2. The third-order valence-corrected chi connectivity index (χ3v) is 5.57. The van der Waals surface area contributed by atoms with Crippen LogP contribution in [0.1, 0.15) is 23.5 Å². The summed E-state index contributed by atoms with van der Waals surface area (Å²) in [7, 11) is -3.55. The Bertz CT molecular complexity index is 680. The lowest BCUT2D eigenvalue weighted by atomic mass is 10.1. The van der Waals surface area contributed by atoms with Crippen LogP contribution in [0.25, 0.3) is 0 Å². The van der Waals surface area contributed by atoms with Crippen molar-refractivity contribution in [1.82, 2.24) is 9.71 Å². The highest BCUT2D eigenvalue weighted by molar-refractivity contribution is 7.91. The van der Waals surface area contributed by atoms with Gasteiger partial charge in [0.25, 0.3) is 10.0 Å². The number of nitrogen functional groups attached to an aromatic ring is 1. The molecule has 1 aromatic carbocycles. The number of benzene rings is 1. The van der Waals surface area contributed by atoms with Crippen molar-refractivity contribution in [1.29, 1.82) is 0 Å². The molecule has 7 heteroatoms. The van der Waals surface area contributed by atoms with Gasteiger partial charge in [0.1, 0.15) is 0 Å². The zero-order valence-electron chi connectivity index (χ0n) is 10.6. The van der Waals surface area contributed by atoms with Crippen molar-refractivity contribution in [2.45, 2.75) is 24.1 Å². The molecule has 1 atom stereocenters. The smallest absolute Gasteiger partial charge is 0.252 e. The van der Waals surface area contributed by atoms with Gasteiger partial charge in [-0.15, -0.1) is 11.3 Å². The molecule has 0 fully saturated rings. The van der Waals surface area contributed by atoms with Crippen LogP contribution in [0.3, 0.4) is 0 Å². The number of para-hydroxylation sites is 1. The van der Waals surface area contributed by atoms with Crippen LogP contribution in [0.4, 0.5) is 5.69 Å². The minimum atomic E-state index is -3.55. The quantitative estimate of drug-likeness (QED) is 0.846. The lowest BCUT2D eigenvalue weighted by Gasteiger charge is -2.15. The van der Waals surface area contributed by atoms with Gasteiger partial charge in [-0.3, -0.25) is 0 Å². The number of rotatable bonds is 4. The summed E-state index contributed by atoms with van der Waals surface area (Å²) in [5, 5.41) is 0.715. The Morgan fingerprint density at radius 2 is 2.05 bits per heavy atom. The molecule has 3 N–H and O–H groups in total. The fourth-order valence-electron chi connectivity index (χ4n) is 1.73. The first-order valence-corrected chi connectivity index (χ1v) is 7.99. The van der Waals surface area contributed by atoms with Crippen molar-refractivity contribution in [3.8, 4) is 0 Å². The Labute approximate surface area is 116 Å². The summed E-state index contributed by atoms with van der Waals surface area (Å²) in [5.41, 5.74) is 7.16. The molecular weight excluding hydrogens is 282 g/mol. The van der Waals surface area contributed by atoms with E-state index >= 15 is 0 Å². The first kappa shape index (κ1) is 14.0. The Kier molecular flexibility index (Phi) is 3.88. The summed E-state index contributed by atoms with van der Waals surface area (Å²) < 4.78 is 27.1. The van der Waals surface area contributed by atoms with Crippen LogP contribution >= 0.6 is 11.3 Å². The van der Waals surface area contributed by atoms with Gasteiger partial charge in [-0.2, -0.15) is 0 Å². The van der Waals surface area contributed by atoms with E-state index in [9.17, 15) is 8.42 Å². The second-order valence-electron chi connectivity index (χ2n) is 4.17. The Balaban J connectivity index is 2.24. The van der Waals surface area contributed by atoms with E-state index in [2.05, 4.69) is 9.71 Å². The maximum Gasteiger partial charge on any atom is 0.252 e. The van der Waals surface area contributed by atoms with E-state index in [1.165, 1.54) is 6.20 Å². The maximum atomic E-state index is 12.2. The second kappa shape index (κ2) is 5.28. The van der Waals surface area contributed by atoms with Crippen LogP contribution in [-0.4, -0.2) is 13.4 Å². The Morgan fingerprint density at radius 3 is 2.63 bits per heavy atom. The normalized spacial score (nSPS) is 13.4. The molecule has 0 spiro atoms. The monoisotopic (exact) mass is 297 g/mol. The molecule has 0 saturated carbocycles. The fraction of sp³-hybridized carbons (Fsp3) is 0.250. The summed E-state index contributed by atoms with van der Waals surface area (Å²) in [6.07, 6.45) is 1.36. The number of hydrogen-bond donors (Lipinski definition) is 2. The van der Waals surface area contributed by atoms with E-state index < -0.39 is 16.1 Å². The number of thiazole rings is 1. The van der Waals surface area contributed by atoms with E-state index in [1.807, 2.05) is 12.1 Å². The summed E-state index contributed by atoms with van der Waals surface area (Å²) in [5.74, 6) is 0. The SMILES string of the molecule is Cc1ncc(S(=O)(=O)NC(C)c2ccccc2N)s1. The summed E-state index contributed by atoms with van der Waals surface area (Å²) in [6, 6.07) is 6.80. The molecule has 5 nitrogen and oxygen atoms in total. The first-order chi connectivity index (χ1) is 8.90.